The monoisotopic (exact) mass is 1060 g/mol. The first-order chi connectivity index (χ1) is 34.7. The van der Waals surface area contributed by atoms with Gasteiger partial charge in [-0.15, -0.1) is 0 Å². The Hall–Kier alpha value is -2.66. The third-order valence-electron chi connectivity index (χ3n) is 12.5. The second-order valence-corrected chi connectivity index (χ2v) is 22.8. The Morgan fingerprint density at radius 1 is 0.178 bits per heavy atom. The second-order valence-electron chi connectivity index (χ2n) is 22.8. The molecule has 0 aromatic carbocycles. The maximum Gasteiger partial charge on any atom is 3.00 e. The van der Waals surface area contributed by atoms with Crippen LogP contribution in [0.3, 0.4) is 0 Å². The fraction of sp³-hybridized carbons (Fsp3) is 0.905. The van der Waals surface area contributed by atoms with Gasteiger partial charge in [-0.1, -0.05) is 252 Å². The van der Waals surface area contributed by atoms with Crippen molar-refractivity contribution in [1.82, 2.24) is 0 Å². The molecule has 0 amide bonds. The topological polar surface area (TPSA) is 143 Å². The maximum absolute atomic E-state index is 6.25. The first-order valence-electron chi connectivity index (χ1n) is 29.4. The van der Waals surface area contributed by atoms with Crippen molar-refractivity contribution in [1.29, 1.82) is 31.6 Å². The third-order valence-corrected chi connectivity index (χ3v) is 12.5. The Morgan fingerprint density at radius 3 is 0.342 bits per heavy atom. The molecule has 0 spiro atoms. The molecule has 73 heavy (non-hydrogen) atoms. The van der Waals surface area contributed by atoms with Crippen LogP contribution in [-0.4, -0.2) is 96.5 Å². The van der Waals surface area contributed by atoms with Gasteiger partial charge in [-0.2, -0.15) is 0 Å². The minimum absolute atomic E-state index is 0. The standard InChI is InChI=1S/3C19H42N.6CN.Fe/c3*1-5-6-7-8-9-10-11-12-13-14-15-16-17-18-19-20(2,3)4;6*1-2;/h3*5-19H2,1-4H3;;;;;;;/q3*+1;6*-1;+3. The Labute approximate surface area is 472 Å². The summed E-state index contributed by atoms with van der Waals surface area (Å²) in [4.78, 5) is 0. The molecule has 0 aliphatic heterocycles. The molecule has 0 rings (SSSR count). The summed E-state index contributed by atoms with van der Waals surface area (Å²) in [7, 11) is 20.6. The normalized spacial score (nSPS) is 10.0. The number of nitrogens with zero attached hydrogens (tertiary/aromatic N) is 9. The molecule has 0 unspecified atom stereocenters. The van der Waals surface area contributed by atoms with Crippen LogP contribution in [0, 0.1) is 71.0 Å². The number of unbranched alkanes of at least 4 members (excludes halogenated alkanes) is 39. The predicted molar refractivity (Wildman–Crippen MR) is 309 cm³/mol. The van der Waals surface area contributed by atoms with Gasteiger partial charge < -0.3 is 84.5 Å². The fourth-order valence-electron chi connectivity index (χ4n) is 8.34. The van der Waals surface area contributed by atoms with Crippen molar-refractivity contribution in [2.75, 3.05) is 83.1 Å². The van der Waals surface area contributed by atoms with Crippen LogP contribution in [0.15, 0.2) is 0 Å². The molecule has 9 nitrogen and oxygen atoms in total. The van der Waals surface area contributed by atoms with E-state index >= 15 is 0 Å². The zero-order chi connectivity index (χ0) is 57.3. The number of rotatable bonds is 45. The Balaban J connectivity index is -0.0000000913. The smallest absolute Gasteiger partial charge is 0.512 e. The molecule has 0 aromatic rings. The number of quaternary nitrogens is 3. The summed E-state index contributed by atoms with van der Waals surface area (Å²) >= 11 is 0. The SMILES string of the molecule is CCCCCCCCCCCCCCCC[N+](C)(C)C.CCCCCCCCCCCCCCCC[N+](C)(C)C.CCCCCCCCCCCCCCCC[N+](C)(C)C.[C-]#N.[C-]#N.[C-]#N.[C-]#N.[C-]#N.[C-]#N.[Fe+3]. The van der Waals surface area contributed by atoms with Gasteiger partial charge >= 0.3 is 17.1 Å². The number of hydrogen-bond donors (Lipinski definition) is 0. The van der Waals surface area contributed by atoms with E-state index in [9.17, 15) is 0 Å². The quantitative estimate of drug-likeness (QED) is 0.0257. The molecule has 0 atom stereocenters. The molecule has 0 aliphatic rings. The van der Waals surface area contributed by atoms with E-state index in [1.54, 1.807) is 0 Å². The third kappa shape index (κ3) is 135. The molecule has 0 fully saturated rings. The van der Waals surface area contributed by atoms with Gasteiger partial charge in [0.05, 0.1) is 83.1 Å². The molecule has 0 heterocycles. The van der Waals surface area contributed by atoms with Crippen molar-refractivity contribution in [3.63, 3.8) is 0 Å². The summed E-state index contributed by atoms with van der Waals surface area (Å²) in [6.07, 6.45) is 61.1. The Kier molecular flexibility index (Phi) is 113. The van der Waals surface area contributed by atoms with E-state index in [2.05, 4.69) is 84.2 Å². The first kappa shape index (κ1) is 92.9. The Morgan fingerprint density at radius 2 is 0.260 bits per heavy atom. The summed E-state index contributed by atoms with van der Waals surface area (Å²) < 4.78 is 3.37. The van der Waals surface area contributed by atoms with Gasteiger partial charge in [0, 0.05) is 0 Å². The minimum Gasteiger partial charge on any atom is -0.512 e. The van der Waals surface area contributed by atoms with E-state index in [4.69, 9.17) is 71.0 Å². The van der Waals surface area contributed by atoms with Crippen molar-refractivity contribution >= 4 is 0 Å². The van der Waals surface area contributed by atoms with Crippen LogP contribution in [0.2, 0.25) is 0 Å². The van der Waals surface area contributed by atoms with Gasteiger partial charge in [-0.25, -0.2) is 0 Å². The van der Waals surface area contributed by atoms with Crippen LogP contribution in [0.25, 0.3) is 0 Å². The summed E-state index contributed by atoms with van der Waals surface area (Å²) in [5, 5.41) is 37.5. The van der Waals surface area contributed by atoms with Crippen LogP contribution >= 0.6 is 0 Å². The van der Waals surface area contributed by atoms with Gasteiger partial charge in [-0.05, 0) is 38.5 Å². The van der Waals surface area contributed by atoms with E-state index in [-0.39, 0.29) is 17.1 Å². The first-order valence-corrected chi connectivity index (χ1v) is 29.4. The molecular formula is C63H126FeN9. The van der Waals surface area contributed by atoms with Crippen molar-refractivity contribution in [3.8, 4) is 0 Å². The van der Waals surface area contributed by atoms with Crippen molar-refractivity contribution in [2.24, 2.45) is 0 Å². The van der Waals surface area contributed by atoms with Gasteiger partial charge in [0.1, 0.15) is 0 Å². The van der Waals surface area contributed by atoms with E-state index in [0.717, 1.165) is 13.4 Å². The van der Waals surface area contributed by atoms with E-state index in [1.165, 1.54) is 289 Å². The van der Waals surface area contributed by atoms with Gasteiger partial charge in [0.2, 0.25) is 0 Å². The molecule has 0 saturated heterocycles. The number of hydrogen-bond acceptors (Lipinski definition) is 6. The largest absolute Gasteiger partial charge is 3.00 e. The summed E-state index contributed by atoms with van der Waals surface area (Å²) in [5.41, 5.74) is 0. The average molecular weight is 1070 g/mol. The van der Waals surface area contributed by atoms with E-state index in [1.807, 2.05) is 0 Å². The van der Waals surface area contributed by atoms with Crippen LogP contribution in [0.1, 0.15) is 290 Å². The summed E-state index contributed by atoms with van der Waals surface area (Å²) in [5.74, 6) is 0. The molecule has 10 heteroatoms. The molecule has 1 radical (unpaired) electrons. The average Bonchev–Trinajstić information content (AvgIpc) is 3.37. The molecule has 0 aromatic heterocycles. The summed E-state index contributed by atoms with van der Waals surface area (Å²) in [6.45, 7) is 39.4. The zero-order valence-corrected chi connectivity index (χ0v) is 52.3. The molecule has 0 aliphatic carbocycles. The molecule has 431 valence electrons. The van der Waals surface area contributed by atoms with E-state index < -0.39 is 0 Å². The van der Waals surface area contributed by atoms with Crippen LogP contribution in [0.4, 0.5) is 0 Å². The molecule has 0 bridgehead atoms. The van der Waals surface area contributed by atoms with Crippen LogP contribution in [-0.2, 0) is 17.1 Å². The molecular weight excluding hydrogens is 939 g/mol. The van der Waals surface area contributed by atoms with E-state index in [0.29, 0.717) is 0 Å². The van der Waals surface area contributed by atoms with Crippen molar-refractivity contribution in [3.05, 3.63) is 39.4 Å². The van der Waals surface area contributed by atoms with Crippen LogP contribution in [0.5, 0.6) is 0 Å². The maximum atomic E-state index is 6.25. The predicted octanol–water partition coefficient (Wildman–Crippen LogP) is 19.1. The molecule has 0 N–H and O–H groups in total. The minimum atomic E-state index is 0. The van der Waals surface area contributed by atoms with Crippen LogP contribution < -0.4 is 0 Å². The Bertz CT molecular complexity index is 870. The van der Waals surface area contributed by atoms with Gasteiger partial charge in [-0.3, -0.25) is 0 Å². The van der Waals surface area contributed by atoms with Gasteiger partial charge in [0.25, 0.3) is 0 Å². The molecule has 0 saturated carbocycles. The van der Waals surface area contributed by atoms with Crippen molar-refractivity contribution < 1.29 is 30.5 Å². The van der Waals surface area contributed by atoms with Crippen molar-refractivity contribution in [2.45, 2.75) is 290 Å². The zero-order valence-electron chi connectivity index (χ0n) is 51.2. The fourth-order valence-corrected chi connectivity index (χ4v) is 8.34. The second kappa shape index (κ2) is 88.9. The summed E-state index contributed by atoms with van der Waals surface area (Å²) in [6, 6.07) is 0. The van der Waals surface area contributed by atoms with Gasteiger partial charge in [0.15, 0.2) is 0 Å².